The first kappa shape index (κ1) is 11.5. The molecule has 3 N–H and O–H groups in total. The highest BCUT2D eigenvalue weighted by Crippen LogP contribution is 2.05. The second-order valence-corrected chi connectivity index (χ2v) is 4.55. The molecule has 1 heterocycles. The molecule has 1 aromatic carbocycles. The Morgan fingerprint density at radius 1 is 1.35 bits per heavy atom. The quantitative estimate of drug-likeness (QED) is 0.582. The van der Waals surface area contributed by atoms with E-state index in [1.807, 2.05) is 18.4 Å². The largest absolute Gasteiger partial charge is 0.339 e. The Morgan fingerprint density at radius 2 is 2.06 bits per heavy atom. The van der Waals surface area contributed by atoms with E-state index in [0.29, 0.717) is 11.3 Å². The zero-order valence-electron chi connectivity index (χ0n) is 9.31. The fourth-order valence-electron chi connectivity index (χ4n) is 1.34. The molecule has 0 aliphatic heterocycles. The van der Waals surface area contributed by atoms with Crippen LogP contribution in [0.4, 0.5) is 0 Å². The highest BCUT2D eigenvalue weighted by Gasteiger charge is 2.12. The molecule has 0 aliphatic rings. The first-order valence-electron chi connectivity index (χ1n) is 5.08. The Kier molecular flexibility index (Phi) is 3.30. The summed E-state index contributed by atoms with van der Waals surface area (Å²) in [7, 11) is 0. The summed E-state index contributed by atoms with van der Waals surface area (Å²) >= 11 is 1.49. The molecule has 5 heteroatoms. The Morgan fingerprint density at radius 3 is 2.65 bits per heavy atom. The van der Waals surface area contributed by atoms with Gasteiger partial charge in [0.1, 0.15) is 0 Å². The lowest BCUT2D eigenvalue weighted by atomic mass is 10.2. The van der Waals surface area contributed by atoms with E-state index in [1.165, 1.54) is 11.3 Å². The molecule has 0 bridgehead atoms. The minimum Gasteiger partial charge on any atom is -0.285 e. The summed E-state index contributed by atoms with van der Waals surface area (Å²) in [6, 6.07) is 8.92. The van der Waals surface area contributed by atoms with Gasteiger partial charge < -0.3 is 0 Å². The van der Waals surface area contributed by atoms with Gasteiger partial charge in [-0.3, -0.25) is 5.73 Å². The van der Waals surface area contributed by atoms with Gasteiger partial charge in [-0.1, -0.05) is 18.2 Å². The van der Waals surface area contributed by atoms with Crippen molar-refractivity contribution in [3.63, 3.8) is 0 Å². The zero-order chi connectivity index (χ0) is 12.3. The number of nitrogens with zero attached hydrogens (tertiary/aromatic N) is 1. The molecular formula is C12H12N3OS+. The van der Waals surface area contributed by atoms with Gasteiger partial charge in [-0.25, -0.2) is 14.8 Å². The maximum absolute atomic E-state index is 11.8. The molecule has 0 saturated carbocycles. The molecule has 0 atom stereocenters. The van der Waals surface area contributed by atoms with Gasteiger partial charge in [-0.15, -0.1) is 11.3 Å². The standard InChI is InChI=1S/C12H11N3OS/c1-8-14-10(7-17-8)11(13)15-12(16)9-5-3-2-4-6-9/h2-7H,1H3,(H2,13,15,16)/p+1. The molecule has 2 rings (SSSR count). The third kappa shape index (κ3) is 2.76. The zero-order valence-corrected chi connectivity index (χ0v) is 10.1. The fourth-order valence-corrected chi connectivity index (χ4v) is 1.95. The Balaban J connectivity index is 2.23. The molecular weight excluding hydrogens is 234 g/mol. The van der Waals surface area contributed by atoms with Crippen molar-refractivity contribution >= 4 is 23.1 Å². The summed E-state index contributed by atoms with van der Waals surface area (Å²) in [4.78, 5) is 18.6. The predicted octanol–water partition coefficient (Wildman–Crippen LogP) is 0.0778. The number of hydrogen-bond donors (Lipinski definition) is 2. The van der Waals surface area contributed by atoms with Gasteiger partial charge in [-0.2, -0.15) is 0 Å². The van der Waals surface area contributed by atoms with Crippen LogP contribution in [0.2, 0.25) is 0 Å². The summed E-state index contributed by atoms with van der Waals surface area (Å²) in [5.41, 5.74) is 6.96. The van der Waals surface area contributed by atoms with E-state index < -0.39 is 0 Å². The first-order valence-corrected chi connectivity index (χ1v) is 5.96. The van der Waals surface area contributed by atoms with Crippen LogP contribution in [0.25, 0.3) is 0 Å². The van der Waals surface area contributed by atoms with Crippen LogP contribution in [0.5, 0.6) is 0 Å². The number of carbonyl (C=O) groups is 1. The maximum atomic E-state index is 11.8. The van der Waals surface area contributed by atoms with Gasteiger partial charge in [-0.05, 0) is 19.1 Å². The molecule has 86 valence electrons. The predicted molar refractivity (Wildman–Crippen MR) is 66.9 cm³/mol. The molecule has 0 radical (unpaired) electrons. The molecule has 0 fully saturated rings. The van der Waals surface area contributed by atoms with Crippen molar-refractivity contribution in [3.8, 4) is 0 Å². The SMILES string of the molecule is Cc1nc(C(N)=[NH+]C(=O)c2ccccc2)cs1. The van der Waals surface area contributed by atoms with E-state index in [-0.39, 0.29) is 11.7 Å². The maximum Gasteiger partial charge on any atom is 0.339 e. The number of rotatable bonds is 2. The normalized spacial score (nSPS) is 11.5. The van der Waals surface area contributed by atoms with E-state index >= 15 is 0 Å². The summed E-state index contributed by atoms with van der Waals surface area (Å²) < 4.78 is 0. The third-order valence-electron chi connectivity index (χ3n) is 2.18. The average Bonchev–Trinajstić information content (AvgIpc) is 2.77. The smallest absolute Gasteiger partial charge is 0.285 e. The van der Waals surface area contributed by atoms with E-state index in [2.05, 4.69) is 9.98 Å². The van der Waals surface area contributed by atoms with Crippen LogP contribution in [0.3, 0.4) is 0 Å². The van der Waals surface area contributed by atoms with Gasteiger partial charge in [0.2, 0.25) is 0 Å². The number of hydrogen-bond acceptors (Lipinski definition) is 3. The van der Waals surface area contributed by atoms with E-state index in [0.717, 1.165) is 5.01 Å². The number of nitrogens with two attached hydrogens (primary N) is 1. The molecule has 0 aliphatic carbocycles. The van der Waals surface area contributed by atoms with Crippen molar-refractivity contribution in [2.45, 2.75) is 6.92 Å². The lowest BCUT2D eigenvalue weighted by Gasteiger charge is -1.92. The summed E-state index contributed by atoms with van der Waals surface area (Å²) in [6.07, 6.45) is 0. The first-order chi connectivity index (χ1) is 8.16. The number of thiazole rings is 1. The van der Waals surface area contributed by atoms with Crippen LogP contribution in [0, 0.1) is 6.92 Å². The van der Waals surface area contributed by atoms with Gasteiger partial charge in [0.25, 0.3) is 5.84 Å². The number of benzene rings is 1. The van der Waals surface area contributed by atoms with Crippen molar-refractivity contribution in [2.75, 3.05) is 0 Å². The molecule has 0 unspecified atom stereocenters. The number of amidine groups is 1. The molecule has 17 heavy (non-hydrogen) atoms. The monoisotopic (exact) mass is 246 g/mol. The third-order valence-corrected chi connectivity index (χ3v) is 2.95. The van der Waals surface area contributed by atoms with Crippen LogP contribution in [0.15, 0.2) is 35.7 Å². The minimum absolute atomic E-state index is 0.228. The number of aryl methyl sites for hydroxylation is 1. The van der Waals surface area contributed by atoms with Crippen LogP contribution in [0.1, 0.15) is 21.1 Å². The topological polar surface area (TPSA) is 69.9 Å². The van der Waals surface area contributed by atoms with E-state index in [9.17, 15) is 4.79 Å². The second kappa shape index (κ2) is 4.88. The average molecular weight is 246 g/mol. The number of carbonyl (C=O) groups excluding carboxylic acids is 1. The number of amides is 1. The molecule has 0 spiro atoms. The Labute approximate surface area is 103 Å². The minimum atomic E-state index is -0.228. The Bertz CT molecular complexity index is 560. The molecule has 2 aromatic rings. The van der Waals surface area contributed by atoms with Gasteiger partial charge >= 0.3 is 5.91 Å². The summed E-state index contributed by atoms with van der Waals surface area (Å²) in [5.74, 6) is 0.0527. The van der Waals surface area contributed by atoms with Crippen LogP contribution in [-0.2, 0) is 0 Å². The van der Waals surface area contributed by atoms with Gasteiger partial charge in [0, 0.05) is 5.38 Å². The van der Waals surface area contributed by atoms with E-state index in [1.54, 1.807) is 24.3 Å². The number of nitrogens with one attached hydrogen (secondary N) is 1. The van der Waals surface area contributed by atoms with Crippen LogP contribution >= 0.6 is 11.3 Å². The van der Waals surface area contributed by atoms with Crippen molar-refractivity contribution in [2.24, 2.45) is 5.73 Å². The molecule has 1 amide bonds. The number of aromatic nitrogens is 1. The van der Waals surface area contributed by atoms with Crippen molar-refractivity contribution < 1.29 is 9.79 Å². The molecule has 0 saturated heterocycles. The lowest BCUT2D eigenvalue weighted by Crippen LogP contribution is -2.79. The van der Waals surface area contributed by atoms with Crippen molar-refractivity contribution in [3.05, 3.63) is 52.0 Å². The van der Waals surface area contributed by atoms with Crippen molar-refractivity contribution in [1.29, 1.82) is 0 Å². The van der Waals surface area contributed by atoms with Crippen molar-refractivity contribution in [1.82, 2.24) is 4.98 Å². The number of nitrogen functional groups attached to an aromatic ring is 1. The van der Waals surface area contributed by atoms with Gasteiger partial charge in [0.05, 0.1) is 10.6 Å². The molecule has 4 nitrogen and oxygen atoms in total. The summed E-state index contributed by atoms with van der Waals surface area (Å²) in [6.45, 7) is 1.89. The second-order valence-electron chi connectivity index (χ2n) is 3.49. The fraction of sp³-hybridized carbons (Fsp3) is 0.0833. The lowest BCUT2D eigenvalue weighted by molar-refractivity contribution is -0.345. The highest BCUT2D eigenvalue weighted by molar-refractivity contribution is 7.09. The highest BCUT2D eigenvalue weighted by atomic mass is 32.1. The van der Waals surface area contributed by atoms with Crippen LogP contribution < -0.4 is 10.7 Å². The Hall–Kier alpha value is -2.01. The summed E-state index contributed by atoms with van der Waals surface area (Å²) in [5, 5.41) is 2.73. The molecule has 1 aromatic heterocycles. The van der Waals surface area contributed by atoms with Crippen LogP contribution in [-0.4, -0.2) is 16.7 Å². The van der Waals surface area contributed by atoms with E-state index in [4.69, 9.17) is 5.73 Å². The van der Waals surface area contributed by atoms with Gasteiger partial charge in [0.15, 0.2) is 5.69 Å².